The highest BCUT2D eigenvalue weighted by Gasteiger charge is 2.08. The van der Waals surface area contributed by atoms with Crippen molar-refractivity contribution in [2.75, 3.05) is 7.05 Å². The molecular weight excluding hydrogens is 249 g/mol. The molecule has 1 aromatic carbocycles. The first-order valence-electron chi connectivity index (χ1n) is 5.43. The van der Waals surface area contributed by atoms with Crippen LogP contribution in [-0.4, -0.2) is 16.9 Å². The Morgan fingerprint density at radius 1 is 1.44 bits per heavy atom. The fraction of sp³-hybridized carbons (Fsp3) is 0.231. The number of benzene rings is 1. The average Bonchev–Trinajstić information content (AvgIpc) is 2.84. The summed E-state index contributed by atoms with van der Waals surface area (Å²) < 4.78 is 13.6. The summed E-state index contributed by atoms with van der Waals surface area (Å²) in [5.41, 5.74) is 3.76. The van der Waals surface area contributed by atoms with E-state index in [9.17, 15) is 4.39 Å². The zero-order chi connectivity index (χ0) is 13.0. The Labute approximate surface area is 109 Å². The number of aromatic nitrogens is 1. The summed E-state index contributed by atoms with van der Waals surface area (Å²) in [5.74, 6) is -0.279. The Morgan fingerprint density at radius 3 is 2.94 bits per heavy atom. The van der Waals surface area contributed by atoms with E-state index in [0.29, 0.717) is 24.2 Å². The Hall–Kier alpha value is -1.77. The Bertz CT molecular complexity index is 560. The lowest BCUT2D eigenvalue weighted by Gasteiger charge is -2.15. The number of rotatable bonds is 4. The van der Waals surface area contributed by atoms with Gasteiger partial charge in [-0.3, -0.25) is 4.90 Å². The molecule has 0 fully saturated rings. The van der Waals surface area contributed by atoms with E-state index in [1.807, 2.05) is 23.4 Å². The maximum Gasteiger partial charge on any atom is 0.127 e. The molecule has 2 rings (SSSR count). The molecule has 5 heteroatoms. The first-order valence-corrected chi connectivity index (χ1v) is 6.37. The van der Waals surface area contributed by atoms with E-state index < -0.39 is 0 Å². The van der Waals surface area contributed by atoms with Gasteiger partial charge in [-0.05, 0) is 25.2 Å². The smallest absolute Gasteiger partial charge is 0.127 e. The third-order valence-corrected chi connectivity index (χ3v) is 3.17. The Kier molecular flexibility index (Phi) is 4.03. The van der Waals surface area contributed by atoms with Crippen molar-refractivity contribution in [1.82, 2.24) is 9.88 Å². The predicted octanol–water partition coefficient (Wildman–Crippen LogP) is 2.79. The van der Waals surface area contributed by atoms with Crippen LogP contribution in [0, 0.1) is 17.1 Å². The molecule has 0 N–H and O–H groups in total. The van der Waals surface area contributed by atoms with Crippen LogP contribution in [0.4, 0.5) is 4.39 Å². The van der Waals surface area contributed by atoms with E-state index >= 15 is 0 Å². The third kappa shape index (κ3) is 3.13. The second kappa shape index (κ2) is 5.71. The zero-order valence-electron chi connectivity index (χ0n) is 9.93. The molecular formula is C13H12FN3S. The van der Waals surface area contributed by atoms with E-state index in [-0.39, 0.29) is 5.82 Å². The van der Waals surface area contributed by atoms with Crippen LogP contribution in [0.25, 0.3) is 0 Å². The highest BCUT2D eigenvalue weighted by Crippen LogP contribution is 2.13. The van der Waals surface area contributed by atoms with Crippen LogP contribution in [0.15, 0.2) is 29.1 Å². The molecule has 0 unspecified atom stereocenters. The molecule has 0 aliphatic carbocycles. The lowest BCUT2D eigenvalue weighted by molar-refractivity contribution is 0.310. The first-order chi connectivity index (χ1) is 8.69. The quantitative estimate of drug-likeness (QED) is 0.849. The van der Waals surface area contributed by atoms with E-state index in [1.54, 1.807) is 22.9 Å². The van der Waals surface area contributed by atoms with Crippen molar-refractivity contribution in [3.05, 3.63) is 51.7 Å². The normalized spacial score (nSPS) is 10.6. The van der Waals surface area contributed by atoms with Gasteiger partial charge in [0.15, 0.2) is 0 Å². The van der Waals surface area contributed by atoms with E-state index in [0.717, 1.165) is 5.69 Å². The summed E-state index contributed by atoms with van der Waals surface area (Å²) in [5, 5.41) is 10.8. The van der Waals surface area contributed by atoms with Crippen molar-refractivity contribution in [2.45, 2.75) is 13.1 Å². The van der Waals surface area contributed by atoms with E-state index in [4.69, 9.17) is 5.26 Å². The van der Waals surface area contributed by atoms with Crippen LogP contribution >= 0.6 is 11.3 Å². The number of nitrogens with zero attached hydrogens (tertiary/aromatic N) is 3. The van der Waals surface area contributed by atoms with Crippen LogP contribution in [0.2, 0.25) is 0 Å². The van der Waals surface area contributed by atoms with Crippen molar-refractivity contribution in [1.29, 1.82) is 5.26 Å². The van der Waals surface area contributed by atoms with Crippen LogP contribution in [-0.2, 0) is 13.1 Å². The maximum atomic E-state index is 13.6. The molecule has 0 saturated carbocycles. The molecule has 0 spiro atoms. The lowest BCUT2D eigenvalue weighted by Crippen LogP contribution is -2.18. The van der Waals surface area contributed by atoms with Crippen LogP contribution in [0.1, 0.15) is 16.8 Å². The number of nitriles is 1. The number of hydrogen-bond acceptors (Lipinski definition) is 4. The van der Waals surface area contributed by atoms with Crippen molar-refractivity contribution >= 4 is 11.3 Å². The molecule has 0 atom stereocenters. The Morgan fingerprint density at radius 2 is 2.28 bits per heavy atom. The highest BCUT2D eigenvalue weighted by atomic mass is 32.1. The van der Waals surface area contributed by atoms with Crippen LogP contribution < -0.4 is 0 Å². The second-order valence-electron chi connectivity index (χ2n) is 4.07. The summed E-state index contributed by atoms with van der Waals surface area (Å²) in [6.07, 6.45) is 0. The number of hydrogen-bond donors (Lipinski definition) is 0. The molecule has 0 amide bonds. The van der Waals surface area contributed by atoms with Crippen molar-refractivity contribution in [3.8, 4) is 6.07 Å². The van der Waals surface area contributed by atoms with Gasteiger partial charge in [-0.25, -0.2) is 9.37 Å². The fourth-order valence-corrected chi connectivity index (χ4v) is 2.25. The third-order valence-electron chi connectivity index (χ3n) is 2.53. The summed E-state index contributed by atoms with van der Waals surface area (Å²) >= 11 is 1.54. The van der Waals surface area contributed by atoms with Crippen LogP contribution in [0.5, 0.6) is 0 Å². The Balaban J connectivity index is 2.07. The van der Waals surface area contributed by atoms with Gasteiger partial charge in [0.1, 0.15) is 5.82 Å². The minimum Gasteiger partial charge on any atom is -0.296 e. The second-order valence-corrected chi connectivity index (χ2v) is 4.79. The largest absolute Gasteiger partial charge is 0.296 e. The van der Waals surface area contributed by atoms with Gasteiger partial charge in [0.25, 0.3) is 0 Å². The van der Waals surface area contributed by atoms with Crippen molar-refractivity contribution in [2.24, 2.45) is 0 Å². The van der Waals surface area contributed by atoms with Gasteiger partial charge in [0.05, 0.1) is 22.8 Å². The summed E-state index contributed by atoms with van der Waals surface area (Å²) in [6, 6.07) is 6.43. The van der Waals surface area contributed by atoms with Gasteiger partial charge in [-0.15, -0.1) is 11.3 Å². The van der Waals surface area contributed by atoms with Gasteiger partial charge in [0, 0.05) is 24.0 Å². The summed E-state index contributed by atoms with van der Waals surface area (Å²) in [6.45, 7) is 1.12. The molecule has 0 saturated heterocycles. The van der Waals surface area contributed by atoms with Crippen LogP contribution in [0.3, 0.4) is 0 Å². The average molecular weight is 261 g/mol. The minimum absolute atomic E-state index is 0.279. The lowest BCUT2D eigenvalue weighted by atomic mass is 10.1. The SMILES string of the molecule is CN(Cc1cscn1)Cc1cc(C#N)ccc1F. The molecule has 92 valence electrons. The number of thiazole rings is 1. The number of halogens is 1. The van der Waals surface area contributed by atoms with Gasteiger partial charge in [0.2, 0.25) is 0 Å². The predicted molar refractivity (Wildman–Crippen MR) is 68.4 cm³/mol. The summed E-state index contributed by atoms with van der Waals surface area (Å²) in [7, 11) is 1.90. The summed E-state index contributed by atoms with van der Waals surface area (Å²) in [4.78, 5) is 6.15. The van der Waals surface area contributed by atoms with Gasteiger partial charge in [-0.1, -0.05) is 0 Å². The molecule has 0 bridgehead atoms. The highest BCUT2D eigenvalue weighted by molar-refractivity contribution is 7.07. The molecule has 0 radical (unpaired) electrons. The van der Waals surface area contributed by atoms with Crippen molar-refractivity contribution in [3.63, 3.8) is 0 Å². The first kappa shape index (κ1) is 12.7. The molecule has 3 nitrogen and oxygen atoms in total. The van der Waals surface area contributed by atoms with Crippen molar-refractivity contribution < 1.29 is 4.39 Å². The zero-order valence-corrected chi connectivity index (χ0v) is 10.7. The molecule has 1 heterocycles. The molecule has 0 aliphatic rings. The minimum atomic E-state index is -0.279. The molecule has 1 aromatic heterocycles. The monoisotopic (exact) mass is 261 g/mol. The fourth-order valence-electron chi connectivity index (χ4n) is 1.70. The van der Waals surface area contributed by atoms with Gasteiger partial charge < -0.3 is 0 Å². The maximum absolute atomic E-state index is 13.6. The molecule has 2 aromatic rings. The van der Waals surface area contributed by atoms with Gasteiger partial charge >= 0.3 is 0 Å². The van der Waals surface area contributed by atoms with E-state index in [1.165, 1.54) is 12.1 Å². The van der Waals surface area contributed by atoms with Gasteiger partial charge in [-0.2, -0.15) is 5.26 Å². The van der Waals surface area contributed by atoms with E-state index in [2.05, 4.69) is 4.98 Å². The standard InChI is InChI=1S/C13H12FN3S/c1-17(7-12-8-18-9-16-12)6-11-4-10(5-15)2-3-13(11)14/h2-4,8-9H,6-7H2,1H3. The molecule has 0 aliphatic heterocycles. The molecule has 18 heavy (non-hydrogen) atoms. The topological polar surface area (TPSA) is 39.9 Å².